The first kappa shape index (κ1) is 13.1. The molecule has 2 nitrogen and oxygen atoms in total. The normalized spacial score (nSPS) is 26.5. The van der Waals surface area contributed by atoms with E-state index in [0.29, 0.717) is 0 Å². The largest absolute Gasteiger partial charge is 0.457 e. The number of ether oxygens (including phenoxy) is 1. The molecule has 1 aromatic rings. The highest BCUT2D eigenvalue weighted by atomic mass is 16.5. The Hall–Kier alpha value is -1.31. The van der Waals surface area contributed by atoms with Gasteiger partial charge in [0.05, 0.1) is 5.41 Å². The Kier molecular flexibility index (Phi) is 3.00. The second-order valence-electron chi connectivity index (χ2n) is 6.35. The van der Waals surface area contributed by atoms with Gasteiger partial charge in [-0.2, -0.15) is 0 Å². The number of carbonyl (C=O) groups is 1. The van der Waals surface area contributed by atoms with Crippen LogP contribution in [-0.4, -0.2) is 5.97 Å². The molecule has 1 saturated carbocycles. The SMILES string of the molecule is Cc1ccc(C(C)OC(=O)C2(C)CC2(C)C)cc1. The molecule has 2 unspecified atom stereocenters. The van der Waals surface area contributed by atoms with Gasteiger partial charge in [-0.1, -0.05) is 43.7 Å². The van der Waals surface area contributed by atoms with Gasteiger partial charge in [0, 0.05) is 0 Å². The van der Waals surface area contributed by atoms with Crippen molar-refractivity contribution >= 4 is 5.97 Å². The second kappa shape index (κ2) is 4.11. The summed E-state index contributed by atoms with van der Waals surface area (Å²) in [6, 6.07) is 8.13. The number of esters is 1. The molecule has 0 bridgehead atoms. The summed E-state index contributed by atoms with van der Waals surface area (Å²) < 4.78 is 5.60. The maximum absolute atomic E-state index is 12.2. The summed E-state index contributed by atoms with van der Waals surface area (Å²) >= 11 is 0. The fourth-order valence-corrected chi connectivity index (χ4v) is 2.38. The lowest BCUT2D eigenvalue weighted by molar-refractivity contribution is -0.156. The zero-order valence-electron chi connectivity index (χ0n) is 11.9. The Morgan fingerprint density at radius 3 is 2.17 bits per heavy atom. The summed E-state index contributed by atoms with van der Waals surface area (Å²) in [6.07, 6.45) is 0.741. The van der Waals surface area contributed by atoms with Gasteiger partial charge in [-0.3, -0.25) is 4.79 Å². The van der Waals surface area contributed by atoms with Crippen LogP contribution in [0.4, 0.5) is 0 Å². The summed E-state index contributed by atoms with van der Waals surface area (Å²) in [5.74, 6) is -0.0689. The molecule has 18 heavy (non-hydrogen) atoms. The predicted molar refractivity (Wildman–Crippen MR) is 72.2 cm³/mol. The Morgan fingerprint density at radius 2 is 1.72 bits per heavy atom. The number of aryl methyl sites for hydroxylation is 1. The maximum Gasteiger partial charge on any atom is 0.312 e. The Bertz CT molecular complexity index is 458. The van der Waals surface area contributed by atoms with Gasteiger partial charge >= 0.3 is 5.97 Å². The van der Waals surface area contributed by atoms with Crippen molar-refractivity contribution in [2.75, 3.05) is 0 Å². The van der Waals surface area contributed by atoms with Crippen molar-refractivity contribution in [1.29, 1.82) is 0 Å². The quantitative estimate of drug-likeness (QED) is 0.752. The Labute approximate surface area is 109 Å². The number of rotatable bonds is 3. The molecule has 0 N–H and O–H groups in total. The van der Waals surface area contributed by atoms with Crippen LogP contribution in [0.15, 0.2) is 24.3 Å². The molecule has 1 aliphatic carbocycles. The molecule has 0 aromatic heterocycles. The summed E-state index contributed by atoms with van der Waals surface area (Å²) in [7, 11) is 0. The molecule has 2 heteroatoms. The van der Waals surface area contributed by atoms with Crippen LogP contribution in [0.2, 0.25) is 0 Å². The van der Waals surface area contributed by atoms with Crippen molar-refractivity contribution in [3.05, 3.63) is 35.4 Å². The molecule has 0 saturated heterocycles. The molecular weight excluding hydrogens is 224 g/mol. The number of hydrogen-bond donors (Lipinski definition) is 0. The molecule has 0 spiro atoms. The lowest BCUT2D eigenvalue weighted by Gasteiger charge is -2.19. The van der Waals surface area contributed by atoms with E-state index in [0.717, 1.165) is 12.0 Å². The number of hydrogen-bond acceptors (Lipinski definition) is 2. The molecular formula is C16H22O2. The van der Waals surface area contributed by atoms with Gasteiger partial charge in [-0.25, -0.2) is 0 Å². The van der Waals surface area contributed by atoms with Crippen molar-refractivity contribution in [2.45, 2.75) is 47.1 Å². The summed E-state index contributed by atoms with van der Waals surface area (Å²) in [6.45, 7) is 10.2. The Morgan fingerprint density at radius 1 is 1.22 bits per heavy atom. The molecule has 0 heterocycles. The van der Waals surface area contributed by atoms with E-state index in [4.69, 9.17) is 4.74 Å². The van der Waals surface area contributed by atoms with Crippen molar-refractivity contribution in [2.24, 2.45) is 10.8 Å². The summed E-state index contributed by atoms with van der Waals surface area (Å²) in [5, 5.41) is 0. The third kappa shape index (κ3) is 2.16. The molecule has 0 aliphatic heterocycles. The van der Waals surface area contributed by atoms with E-state index < -0.39 is 0 Å². The van der Waals surface area contributed by atoms with Crippen LogP contribution in [0.1, 0.15) is 51.3 Å². The molecule has 1 aliphatic rings. The zero-order chi connectivity index (χ0) is 13.6. The Balaban J connectivity index is 2.02. The van der Waals surface area contributed by atoms with E-state index in [1.54, 1.807) is 0 Å². The zero-order valence-corrected chi connectivity index (χ0v) is 11.9. The average molecular weight is 246 g/mol. The van der Waals surface area contributed by atoms with Crippen LogP contribution >= 0.6 is 0 Å². The highest BCUT2D eigenvalue weighted by molar-refractivity contribution is 5.81. The standard InChI is InChI=1S/C16H22O2/c1-11-6-8-13(9-7-11)12(2)18-14(17)16(5)10-15(16,3)4/h6-9,12H,10H2,1-5H3. The van der Waals surface area contributed by atoms with Crippen LogP contribution in [0.25, 0.3) is 0 Å². The number of carbonyl (C=O) groups excluding carboxylic acids is 1. The average Bonchev–Trinajstić information content (AvgIpc) is 2.80. The minimum absolute atomic E-state index is 0.0689. The predicted octanol–water partition coefficient (Wildman–Crippen LogP) is 4.04. The first-order chi connectivity index (χ1) is 8.26. The third-order valence-corrected chi connectivity index (χ3v) is 4.45. The van der Waals surface area contributed by atoms with Crippen LogP contribution in [-0.2, 0) is 9.53 Å². The minimum Gasteiger partial charge on any atom is -0.457 e. The van der Waals surface area contributed by atoms with Gasteiger partial charge in [0.15, 0.2) is 0 Å². The van der Waals surface area contributed by atoms with E-state index >= 15 is 0 Å². The van der Waals surface area contributed by atoms with Gasteiger partial charge in [0.25, 0.3) is 0 Å². The van der Waals surface area contributed by atoms with Crippen LogP contribution in [0.5, 0.6) is 0 Å². The van der Waals surface area contributed by atoms with Crippen molar-refractivity contribution in [3.63, 3.8) is 0 Å². The van der Waals surface area contributed by atoms with E-state index in [-0.39, 0.29) is 22.9 Å². The molecule has 1 fully saturated rings. The number of benzene rings is 1. The lowest BCUT2D eigenvalue weighted by Crippen LogP contribution is -2.22. The highest BCUT2D eigenvalue weighted by Gasteiger charge is 2.64. The monoisotopic (exact) mass is 246 g/mol. The summed E-state index contributed by atoms with van der Waals surface area (Å²) in [4.78, 5) is 12.2. The van der Waals surface area contributed by atoms with Crippen LogP contribution in [0, 0.1) is 17.8 Å². The molecule has 2 rings (SSSR count). The third-order valence-electron chi connectivity index (χ3n) is 4.45. The van der Waals surface area contributed by atoms with Gasteiger partial charge < -0.3 is 4.74 Å². The molecule has 2 atom stereocenters. The van der Waals surface area contributed by atoms with E-state index in [1.807, 2.05) is 45.0 Å². The van der Waals surface area contributed by atoms with Crippen molar-refractivity contribution in [3.8, 4) is 0 Å². The highest BCUT2D eigenvalue weighted by Crippen LogP contribution is 2.63. The van der Waals surface area contributed by atoms with Crippen LogP contribution < -0.4 is 0 Å². The van der Waals surface area contributed by atoms with E-state index in [1.165, 1.54) is 5.56 Å². The van der Waals surface area contributed by atoms with Crippen molar-refractivity contribution < 1.29 is 9.53 Å². The van der Waals surface area contributed by atoms with E-state index in [2.05, 4.69) is 13.8 Å². The smallest absolute Gasteiger partial charge is 0.312 e. The van der Waals surface area contributed by atoms with Gasteiger partial charge in [-0.05, 0) is 38.2 Å². The van der Waals surface area contributed by atoms with Crippen LogP contribution in [0.3, 0.4) is 0 Å². The molecule has 0 radical (unpaired) electrons. The molecule has 0 amide bonds. The molecule has 98 valence electrons. The first-order valence-corrected chi connectivity index (χ1v) is 6.54. The van der Waals surface area contributed by atoms with Gasteiger partial charge in [-0.15, -0.1) is 0 Å². The van der Waals surface area contributed by atoms with Gasteiger partial charge in [0.1, 0.15) is 6.10 Å². The first-order valence-electron chi connectivity index (χ1n) is 6.54. The summed E-state index contributed by atoms with van der Waals surface area (Å²) in [5.41, 5.74) is 2.05. The van der Waals surface area contributed by atoms with Crippen molar-refractivity contribution in [1.82, 2.24) is 0 Å². The van der Waals surface area contributed by atoms with E-state index in [9.17, 15) is 4.79 Å². The topological polar surface area (TPSA) is 26.3 Å². The second-order valence-corrected chi connectivity index (χ2v) is 6.35. The molecule has 1 aromatic carbocycles. The lowest BCUT2D eigenvalue weighted by atomic mass is 9.98. The fourth-order valence-electron chi connectivity index (χ4n) is 2.38. The maximum atomic E-state index is 12.2. The van der Waals surface area contributed by atoms with Gasteiger partial charge in [0.2, 0.25) is 0 Å². The fraction of sp³-hybridized carbons (Fsp3) is 0.562. The minimum atomic E-state index is -0.300.